The molecule has 0 spiro atoms. The van der Waals surface area contributed by atoms with Crippen LogP contribution < -0.4 is 9.13 Å². The smallest absolute Gasteiger partial charge is 0.245 e. The van der Waals surface area contributed by atoms with Crippen molar-refractivity contribution in [2.45, 2.75) is 61.0 Å². The lowest BCUT2D eigenvalue weighted by Crippen LogP contribution is -2.42. The van der Waals surface area contributed by atoms with Crippen LogP contribution in [0.2, 0.25) is 0 Å². The van der Waals surface area contributed by atoms with Crippen LogP contribution in [0, 0.1) is 0 Å². The van der Waals surface area contributed by atoms with Crippen molar-refractivity contribution in [2.75, 3.05) is 26.2 Å². The lowest BCUT2D eigenvalue weighted by atomic mass is 10.2. The fourth-order valence-corrected chi connectivity index (χ4v) is 3.43. The number of aromatic nitrogens is 4. The van der Waals surface area contributed by atoms with Gasteiger partial charge in [-0.1, -0.05) is 58.0 Å². The van der Waals surface area contributed by atoms with E-state index in [4.69, 9.17) is 0 Å². The number of rotatable bonds is 11. The molecule has 2 aromatic heterocycles. The summed E-state index contributed by atoms with van der Waals surface area (Å²) in [5.74, 6) is 0. The topological polar surface area (TPSA) is 24.1 Å². The molecular weight excluding hydrogens is 384 g/mol. The van der Waals surface area contributed by atoms with Gasteiger partial charge in [0.25, 0.3) is 0 Å². The number of hydrogen-bond acceptors (Lipinski definition) is 2. The van der Waals surface area contributed by atoms with E-state index in [0.29, 0.717) is 0 Å². The van der Waals surface area contributed by atoms with E-state index < -0.39 is 0 Å². The number of imidazole rings is 2. The normalized spacial score (nSPS) is 11.1. The van der Waals surface area contributed by atoms with Crippen LogP contribution in [0.15, 0.2) is 67.8 Å². The molecule has 0 aliphatic heterocycles. The summed E-state index contributed by atoms with van der Waals surface area (Å²) in [6.45, 7) is 19.3. The van der Waals surface area contributed by atoms with Crippen LogP contribution >= 0.6 is 0 Å². The molecule has 6 nitrogen and oxygen atoms in total. The maximum atomic E-state index is 2.40. The van der Waals surface area contributed by atoms with Crippen molar-refractivity contribution in [3.05, 3.63) is 73.3 Å². The van der Waals surface area contributed by atoms with E-state index in [1.54, 1.807) is 0 Å². The quantitative estimate of drug-likeness (QED) is 0.440. The predicted molar refractivity (Wildman–Crippen MR) is 126 cm³/mol. The predicted octanol–water partition coefficient (Wildman–Crippen LogP) is 3.22. The summed E-state index contributed by atoms with van der Waals surface area (Å²) in [7, 11) is 0. The maximum absolute atomic E-state index is 2.40. The van der Waals surface area contributed by atoms with Crippen molar-refractivity contribution in [1.82, 2.24) is 18.9 Å². The molecule has 0 saturated heterocycles. The standard InChI is InChI=1S/C15H22N3.C10H20N3/c1-3-16(4-2)13-18-11-10-17(14-18)12-15-8-6-5-7-9-15;1-4-11(5-2)9-13-8-7-12(6-3)10-13/h5-11,14H,3-4,12-13H2,1-2H3;7-8,10H,4-6,9H2,1-3H3/q2*+1. The first-order chi connectivity index (χ1) is 15.1. The van der Waals surface area contributed by atoms with E-state index in [0.717, 1.165) is 52.6 Å². The van der Waals surface area contributed by atoms with Crippen LogP contribution in [-0.4, -0.2) is 45.1 Å². The molecular formula is C25H42N6+2. The highest BCUT2D eigenvalue weighted by molar-refractivity contribution is 5.13. The van der Waals surface area contributed by atoms with Crippen LogP contribution in [0.5, 0.6) is 0 Å². The summed E-state index contributed by atoms with van der Waals surface area (Å²) < 4.78 is 8.86. The molecule has 0 saturated carbocycles. The van der Waals surface area contributed by atoms with E-state index in [9.17, 15) is 0 Å². The average Bonchev–Trinajstić information content (AvgIpc) is 3.46. The second-order valence-corrected chi connectivity index (χ2v) is 7.73. The molecule has 0 atom stereocenters. The zero-order chi connectivity index (χ0) is 22.5. The van der Waals surface area contributed by atoms with Crippen LogP contribution in [-0.2, 0) is 26.4 Å². The second-order valence-electron chi connectivity index (χ2n) is 7.73. The first-order valence-corrected chi connectivity index (χ1v) is 11.7. The van der Waals surface area contributed by atoms with Gasteiger partial charge in [0.15, 0.2) is 0 Å². The minimum atomic E-state index is 0.937. The number of aryl methyl sites for hydroxylation is 1. The molecule has 0 unspecified atom stereocenters. The highest BCUT2D eigenvalue weighted by atomic mass is 15.3. The van der Waals surface area contributed by atoms with Gasteiger partial charge in [-0.3, -0.25) is 9.80 Å². The molecule has 3 rings (SSSR count). The van der Waals surface area contributed by atoms with Gasteiger partial charge in [0.05, 0.1) is 6.54 Å². The first kappa shape index (κ1) is 24.8. The summed E-state index contributed by atoms with van der Waals surface area (Å²) in [4.78, 5) is 4.78. The van der Waals surface area contributed by atoms with Crippen LogP contribution in [0.3, 0.4) is 0 Å². The Morgan fingerprint density at radius 1 is 0.710 bits per heavy atom. The Morgan fingerprint density at radius 2 is 1.29 bits per heavy atom. The third-order valence-corrected chi connectivity index (χ3v) is 5.58. The number of benzene rings is 1. The zero-order valence-corrected chi connectivity index (χ0v) is 20.2. The molecule has 2 heterocycles. The molecule has 0 aliphatic carbocycles. The summed E-state index contributed by atoms with van der Waals surface area (Å²) in [5, 5.41) is 0. The molecule has 0 radical (unpaired) electrons. The van der Waals surface area contributed by atoms with Gasteiger partial charge in [-0.05, 0) is 38.7 Å². The summed E-state index contributed by atoms with van der Waals surface area (Å²) in [6.07, 6.45) is 12.8. The van der Waals surface area contributed by atoms with E-state index in [1.807, 2.05) is 0 Å². The van der Waals surface area contributed by atoms with Crippen molar-refractivity contribution < 1.29 is 9.13 Å². The molecule has 0 amide bonds. The number of nitrogens with zero attached hydrogens (tertiary/aromatic N) is 6. The Bertz CT molecular complexity index is 831. The highest BCUT2D eigenvalue weighted by Crippen LogP contribution is 1.98. The lowest BCUT2D eigenvalue weighted by Gasteiger charge is -2.14. The molecule has 0 N–H and O–H groups in total. The SMILES string of the molecule is CCN(CC)C[n+]1ccn(CC)c1.CCN(CC)Cn1cc[n+](Cc2ccccc2)c1. The molecule has 170 valence electrons. The molecule has 6 heteroatoms. The Morgan fingerprint density at radius 3 is 1.87 bits per heavy atom. The minimum Gasteiger partial charge on any atom is -0.268 e. The number of hydrogen-bond donors (Lipinski definition) is 0. The van der Waals surface area contributed by atoms with E-state index in [1.165, 1.54) is 5.56 Å². The van der Waals surface area contributed by atoms with E-state index in [2.05, 4.69) is 130 Å². The van der Waals surface area contributed by atoms with Gasteiger partial charge in [-0.15, -0.1) is 0 Å². The molecule has 0 aliphatic rings. The highest BCUT2D eigenvalue weighted by Gasteiger charge is 2.08. The summed E-state index contributed by atoms with van der Waals surface area (Å²) in [5.41, 5.74) is 1.34. The zero-order valence-electron chi connectivity index (χ0n) is 20.2. The van der Waals surface area contributed by atoms with Gasteiger partial charge in [0.1, 0.15) is 44.7 Å². The van der Waals surface area contributed by atoms with Crippen LogP contribution in [0.25, 0.3) is 0 Å². The van der Waals surface area contributed by atoms with Gasteiger partial charge in [-0.2, -0.15) is 0 Å². The van der Waals surface area contributed by atoms with Crippen molar-refractivity contribution in [1.29, 1.82) is 0 Å². The lowest BCUT2D eigenvalue weighted by molar-refractivity contribution is -0.715. The average molecular weight is 427 g/mol. The van der Waals surface area contributed by atoms with Crippen LogP contribution in [0.1, 0.15) is 40.2 Å². The first-order valence-electron chi connectivity index (χ1n) is 11.7. The fraction of sp³-hybridized carbons (Fsp3) is 0.520. The van der Waals surface area contributed by atoms with Gasteiger partial charge in [-0.25, -0.2) is 18.3 Å². The van der Waals surface area contributed by atoms with E-state index >= 15 is 0 Å². The molecule has 1 aromatic carbocycles. The Kier molecular flexibility index (Phi) is 11.0. The summed E-state index contributed by atoms with van der Waals surface area (Å²) in [6, 6.07) is 10.6. The molecule has 31 heavy (non-hydrogen) atoms. The molecule has 0 bridgehead atoms. The van der Waals surface area contributed by atoms with Gasteiger partial charge >= 0.3 is 0 Å². The van der Waals surface area contributed by atoms with Gasteiger partial charge < -0.3 is 0 Å². The minimum absolute atomic E-state index is 0.937. The van der Waals surface area contributed by atoms with Crippen molar-refractivity contribution in [3.8, 4) is 0 Å². The van der Waals surface area contributed by atoms with Gasteiger partial charge in [0.2, 0.25) is 12.7 Å². The van der Waals surface area contributed by atoms with Crippen molar-refractivity contribution in [2.24, 2.45) is 0 Å². The van der Waals surface area contributed by atoms with E-state index in [-0.39, 0.29) is 0 Å². The van der Waals surface area contributed by atoms with Crippen LogP contribution in [0.4, 0.5) is 0 Å². The summed E-state index contributed by atoms with van der Waals surface area (Å²) >= 11 is 0. The second kappa shape index (κ2) is 13.8. The fourth-order valence-electron chi connectivity index (χ4n) is 3.43. The maximum Gasteiger partial charge on any atom is 0.245 e. The Labute approximate surface area is 189 Å². The third-order valence-electron chi connectivity index (χ3n) is 5.58. The Hall–Kier alpha value is -2.44. The monoisotopic (exact) mass is 426 g/mol. The van der Waals surface area contributed by atoms with Crippen molar-refractivity contribution in [3.63, 3.8) is 0 Å². The van der Waals surface area contributed by atoms with Crippen molar-refractivity contribution >= 4 is 0 Å². The molecule has 3 aromatic rings. The van der Waals surface area contributed by atoms with Gasteiger partial charge in [0, 0.05) is 0 Å². The molecule has 0 fully saturated rings. The Balaban J connectivity index is 0.000000233. The third kappa shape index (κ3) is 8.67. The largest absolute Gasteiger partial charge is 0.268 e.